The highest BCUT2D eigenvalue weighted by Crippen LogP contribution is 2.37. The molecule has 1 aromatic heterocycles. The van der Waals surface area contributed by atoms with Gasteiger partial charge in [0.05, 0.1) is 0 Å². The second-order valence-electron chi connectivity index (χ2n) is 6.66. The van der Waals surface area contributed by atoms with E-state index < -0.39 is 0 Å². The number of alkyl halides is 1. The van der Waals surface area contributed by atoms with E-state index in [1.54, 1.807) is 0 Å². The standard InChI is InChI=1S/C18H27ClN2/c1-2-6-16-11-14(13-19)12-18(20-16)21-10-5-8-15-7-3-4-9-17(15)21/h11-12,15,17H,2-10,13H2,1H3. The summed E-state index contributed by atoms with van der Waals surface area (Å²) in [6, 6.07) is 5.13. The Morgan fingerprint density at radius 2 is 2.00 bits per heavy atom. The molecule has 2 atom stereocenters. The van der Waals surface area contributed by atoms with Crippen LogP contribution >= 0.6 is 11.6 Å². The molecule has 1 aromatic rings. The van der Waals surface area contributed by atoms with E-state index in [0.717, 1.165) is 24.8 Å². The number of nitrogens with zero attached hydrogens (tertiary/aromatic N) is 2. The Bertz CT molecular complexity index is 472. The minimum absolute atomic E-state index is 0.591. The normalized spacial score (nSPS) is 25.7. The molecule has 3 heteroatoms. The van der Waals surface area contributed by atoms with Gasteiger partial charge in [-0.05, 0) is 55.7 Å². The van der Waals surface area contributed by atoms with E-state index in [1.807, 2.05) is 0 Å². The van der Waals surface area contributed by atoms with Crippen LogP contribution in [0.3, 0.4) is 0 Å². The number of aromatic nitrogens is 1. The molecule has 0 bridgehead atoms. The predicted molar refractivity (Wildman–Crippen MR) is 90.1 cm³/mol. The highest BCUT2D eigenvalue weighted by molar-refractivity contribution is 6.17. The first kappa shape index (κ1) is 15.1. The summed E-state index contributed by atoms with van der Waals surface area (Å²) in [6.07, 6.45) is 10.5. The molecule has 2 nitrogen and oxygen atoms in total. The molecule has 1 saturated carbocycles. The van der Waals surface area contributed by atoms with Crippen LogP contribution in [-0.4, -0.2) is 17.6 Å². The van der Waals surface area contributed by atoms with Gasteiger partial charge in [-0.3, -0.25) is 0 Å². The van der Waals surface area contributed by atoms with Gasteiger partial charge in [0.2, 0.25) is 0 Å². The molecule has 0 radical (unpaired) electrons. The highest BCUT2D eigenvalue weighted by atomic mass is 35.5. The quantitative estimate of drug-likeness (QED) is 0.733. The SMILES string of the molecule is CCCc1cc(CCl)cc(N2CCCC3CCCCC32)n1. The fourth-order valence-corrected chi connectivity index (χ4v) is 4.31. The van der Waals surface area contributed by atoms with Crippen molar-refractivity contribution in [2.45, 2.75) is 70.2 Å². The number of rotatable bonds is 4. The zero-order valence-electron chi connectivity index (χ0n) is 13.2. The van der Waals surface area contributed by atoms with Gasteiger partial charge in [0.25, 0.3) is 0 Å². The second-order valence-corrected chi connectivity index (χ2v) is 6.92. The average Bonchev–Trinajstić information content (AvgIpc) is 2.54. The van der Waals surface area contributed by atoms with Gasteiger partial charge in [0, 0.05) is 24.2 Å². The molecule has 0 aromatic carbocycles. The van der Waals surface area contributed by atoms with E-state index in [2.05, 4.69) is 24.0 Å². The lowest BCUT2D eigenvalue weighted by Crippen LogP contribution is -2.47. The van der Waals surface area contributed by atoms with Crippen LogP contribution in [0.5, 0.6) is 0 Å². The molecule has 2 aliphatic rings. The van der Waals surface area contributed by atoms with Gasteiger partial charge in [-0.1, -0.05) is 26.2 Å². The van der Waals surface area contributed by atoms with Crippen molar-refractivity contribution in [2.24, 2.45) is 5.92 Å². The lowest BCUT2D eigenvalue weighted by Gasteiger charge is -2.45. The molecular weight excluding hydrogens is 280 g/mol. The van der Waals surface area contributed by atoms with Crippen molar-refractivity contribution >= 4 is 17.4 Å². The van der Waals surface area contributed by atoms with Gasteiger partial charge >= 0.3 is 0 Å². The van der Waals surface area contributed by atoms with E-state index in [1.165, 1.54) is 62.1 Å². The third-order valence-corrected chi connectivity index (χ3v) is 5.43. The van der Waals surface area contributed by atoms with Crippen LogP contribution < -0.4 is 4.90 Å². The minimum Gasteiger partial charge on any atom is -0.353 e. The lowest BCUT2D eigenvalue weighted by molar-refractivity contribution is 0.242. The van der Waals surface area contributed by atoms with Crippen molar-refractivity contribution in [2.75, 3.05) is 11.4 Å². The van der Waals surface area contributed by atoms with Crippen molar-refractivity contribution in [3.8, 4) is 0 Å². The molecule has 0 spiro atoms. The number of hydrogen-bond acceptors (Lipinski definition) is 2. The van der Waals surface area contributed by atoms with Gasteiger partial charge < -0.3 is 4.90 Å². The van der Waals surface area contributed by atoms with Crippen LogP contribution in [0.2, 0.25) is 0 Å². The molecule has 2 fully saturated rings. The van der Waals surface area contributed by atoms with Crippen LogP contribution in [0.25, 0.3) is 0 Å². The van der Waals surface area contributed by atoms with E-state index in [0.29, 0.717) is 5.88 Å². The van der Waals surface area contributed by atoms with Crippen LogP contribution in [0.1, 0.15) is 63.1 Å². The predicted octanol–water partition coefficient (Wildman–Crippen LogP) is 4.93. The summed E-state index contributed by atoms with van der Waals surface area (Å²) >= 11 is 6.10. The summed E-state index contributed by atoms with van der Waals surface area (Å²) < 4.78 is 0. The number of fused-ring (bicyclic) bond motifs is 1. The summed E-state index contributed by atoms with van der Waals surface area (Å²) in [7, 11) is 0. The number of piperidine rings is 1. The number of halogens is 1. The maximum Gasteiger partial charge on any atom is 0.129 e. The molecule has 3 rings (SSSR count). The van der Waals surface area contributed by atoms with Gasteiger partial charge in [-0.25, -0.2) is 4.98 Å². The summed E-state index contributed by atoms with van der Waals surface area (Å²) in [5.41, 5.74) is 2.44. The first-order valence-electron chi connectivity index (χ1n) is 8.64. The fourth-order valence-electron chi connectivity index (χ4n) is 4.15. The number of hydrogen-bond donors (Lipinski definition) is 0. The van der Waals surface area contributed by atoms with Crippen LogP contribution in [-0.2, 0) is 12.3 Å². The second kappa shape index (κ2) is 7.00. The molecule has 2 heterocycles. The van der Waals surface area contributed by atoms with Crippen molar-refractivity contribution in [1.82, 2.24) is 4.98 Å². The lowest BCUT2D eigenvalue weighted by atomic mass is 9.78. The monoisotopic (exact) mass is 306 g/mol. The largest absolute Gasteiger partial charge is 0.353 e. The van der Waals surface area contributed by atoms with Gasteiger partial charge in [-0.2, -0.15) is 0 Å². The van der Waals surface area contributed by atoms with Crippen LogP contribution in [0.15, 0.2) is 12.1 Å². The number of aryl methyl sites for hydroxylation is 1. The van der Waals surface area contributed by atoms with Crippen LogP contribution in [0.4, 0.5) is 5.82 Å². The summed E-state index contributed by atoms with van der Waals surface area (Å²) in [6.45, 7) is 3.39. The summed E-state index contributed by atoms with van der Waals surface area (Å²) in [5.74, 6) is 2.67. The van der Waals surface area contributed by atoms with Gasteiger partial charge in [0.1, 0.15) is 5.82 Å². The van der Waals surface area contributed by atoms with E-state index in [4.69, 9.17) is 16.6 Å². The highest BCUT2D eigenvalue weighted by Gasteiger charge is 2.33. The van der Waals surface area contributed by atoms with Crippen molar-refractivity contribution in [1.29, 1.82) is 0 Å². The number of anilines is 1. The Morgan fingerprint density at radius 3 is 2.81 bits per heavy atom. The Hall–Kier alpha value is -0.760. The first-order chi connectivity index (χ1) is 10.3. The maximum atomic E-state index is 6.10. The Balaban J connectivity index is 1.88. The Labute approximate surface area is 133 Å². The maximum absolute atomic E-state index is 6.10. The van der Waals surface area contributed by atoms with Crippen molar-refractivity contribution < 1.29 is 0 Å². The van der Waals surface area contributed by atoms with E-state index >= 15 is 0 Å². The molecule has 2 unspecified atom stereocenters. The summed E-state index contributed by atoms with van der Waals surface area (Å²) in [5, 5.41) is 0. The molecule has 21 heavy (non-hydrogen) atoms. The van der Waals surface area contributed by atoms with Crippen molar-refractivity contribution in [3.63, 3.8) is 0 Å². The zero-order chi connectivity index (χ0) is 14.7. The molecule has 1 saturated heterocycles. The molecule has 1 aliphatic carbocycles. The van der Waals surface area contributed by atoms with E-state index in [-0.39, 0.29) is 0 Å². The molecule has 0 amide bonds. The zero-order valence-corrected chi connectivity index (χ0v) is 13.9. The van der Waals surface area contributed by atoms with Gasteiger partial charge in [-0.15, -0.1) is 11.6 Å². The molecule has 116 valence electrons. The topological polar surface area (TPSA) is 16.1 Å². The van der Waals surface area contributed by atoms with Crippen molar-refractivity contribution in [3.05, 3.63) is 23.4 Å². The summed E-state index contributed by atoms with van der Waals surface area (Å²) in [4.78, 5) is 7.55. The third kappa shape index (κ3) is 3.36. The average molecular weight is 307 g/mol. The Kier molecular flexibility index (Phi) is 5.05. The van der Waals surface area contributed by atoms with Gasteiger partial charge in [0.15, 0.2) is 0 Å². The number of pyridine rings is 1. The molecule has 1 aliphatic heterocycles. The Morgan fingerprint density at radius 1 is 1.19 bits per heavy atom. The minimum atomic E-state index is 0.591. The fraction of sp³-hybridized carbons (Fsp3) is 0.722. The smallest absolute Gasteiger partial charge is 0.129 e. The first-order valence-corrected chi connectivity index (χ1v) is 9.17. The molecular formula is C18H27ClN2. The van der Waals surface area contributed by atoms with Crippen LogP contribution in [0, 0.1) is 5.92 Å². The van der Waals surface area contributed by atoms with E-state index in [9.17, 15) is 0 Å². The molecule has 0 N–H and O–H groups in total. The third-order valence-electron chi connectivity index (χ3n) is 5.12.